The second-order valence-electron chi connectivity index (χ2n) is 2.96. The van der Waals surface area contributed by atoms with Crippen LogP contribution in [0.4, 0.5) is 0 Å². The summed E-state index contributed by atoms with van der Waals surface area (Å²) in [6.45, 7) is 9.46. The summed E-state index contributed by atoms with van der Waals surface area (Å²) in [4.78, 5) is 10.8. The second-order valence-corrected chi connectivity index (χ2v) is 2.96. The minimum absolute atomic E-state index is 0.113. The Balaban J connectivity index is 3.83. The van der Waals surface area contributed by atoms with Gasteiger partial charge in [-0.15, -0.1) is 0 Å². The van der Waals surface area contributed by atoms with E-state index >= 15 is 0 Å². The molecule has 1 heteroatoms. The molecule has 0 heterocycles. The fourth-order valence-electron chi connectivity index (χ4n) is 1.01. The van der Waals surface area contributed by atoms with Gasteiger partial charge < -0.3 is 0 Å². The molecule has 0 aromatic heterocycles. The predicted octanol–water partition coefficient (Wildman–Crippen LogP) is 3.27. The van der Waals surface area contributed by atoms with Crippen molar-refractivity contribution in [1.82, 2.24) is 0 Å². The van der Waals surface area contributed by atoms with Crippen LogP contribution in [0.3, 0.4) is 0 Å². The van der Waals surface area contributed by atoms with Crippen LogP contribution < -0.4 is 0 Å². The van der Waals surface area contributed by atoms with Crippen molar-refractivity contribution >= 4 is 5.78 Å². The van der Waals surface area contributed by atoms with Gasteiger partial charge in [-0.1, -0.05) is 25.2 Å². The van der Waals surface area contributed by atoms with Crippen LogP contribution in [0.5, 0.6) is 0 Å². The molecule has 0 bridgehead atoms. The zero-order valence-corrected chi connectivity index (χ0v) is 8.31. The van der Waals surface area contributed by atoms with Crippen molar-refractivity contribution in [2.45, 2.75) is 40.0 Å². The van der Waals surface area contributed by atoms with E-state index in [1.807, 2.05) is 6.92 Å². The monoisotopic (exact) mass is 166 g/mol. The fourth-order valence-corrected chi connectivity index (χ4v) is 1.01. The van der Waals surface area contributed by atoms with Crippen molar-refractivity contribution in [2.75, 3.05) is 0 Å². The summed E-state index contributed by atoms with van der Waals surface area (Å²) >= 11 is 0. The quantitative estimate of drug-likeness (QED) is 0.452. The molecule has 0 N–H and O–H groups in total. The summed E-state index contributed by atoms with van der Waals surface area (Å²) in [7, 11) is 0. The maximum absolute atomic E-state index is 10.8. The third-order valence-electron chi connectivity index (χ3n) is 2.11. The van der Waals surface area contributed by atoms with Crippen molar-refractivity contribution in [3.8, 4) is 0 Å². The molecule has 0 aliphatic rings. The zero-order chi connectivity index (χ0) is 9.56. The number of rotatable bonds is 5. The van der Waals surface area contributed by atoms with Crippen LogP contribution in [-0.4, -0.2) is 5.78 Å². The number of allylic oxidation sites excluding steroid dienone is 3. The standard InChI is InChI=1S/C11H18O/c1-5-11(6-2)8-7-9(3)10(4)12/h5H,3,6-8H2,1-2,4H3/b11-5-. The summed E-state index contributed by atoms with van der Waals surface area (Å²) in [6.07, 6.45) is 4.98. The Kier molecular flexibility index (Phi) is 5.35. The Labute approximate surface area is 75.2 Å². The lowest BCUT2D eigenvalue weighted by Crippen LogP contribution is -1.95. The van der Waals surface area contributed by atoms with Crippen LogP contribution in [0.15, 0.2) is 23.8 Å². The highest BCUT2D eigenvalue weighted by Gasteiger charge is 2.00. The average molecular weight is 166 g/mol. The number of hydrogen-bond donors (Lipinski definition) is 0. The molecule has 0 fully saturated rings. The minimum atomic E-state index is 0.113. The lowest BCUT2D eigenvalue weighted by Gasteiger charge is -2.03. The molecule has 68 valence electrons. The normalized spacial score (nSPS) is 11.4. The molecule has 0 rings (SSSR count). The lowest BCUT2D eigenvalue weighted by molar-refractivity contribution is -0.113. The Bertz CT molecular complexity index is 197. The molecule has 0 saturated heterocycles. The van der Waals surface area contributed by atoms with Gasteiger partial charge in [-0.25, -0.2) is 0 Å². The largest absolute Gasteiger partial charge is 0.295 e. The summed E-state index contributed by atoms with van der Waals surface area (Å²) in [5.74, 6) is 0.113. The van der Waals surface area contributed by atoms with Crippen LogP contribution >= 0.6 is 0 Å². The molecule has 1 nitrogen and oxygen atoms in total. The topological polar surface area (TPSA) is 17.1 Å². The first-order chi connectivity index (χ1) is 5.61. The number of carbonyl (C=O) groups excluding carboxylic acids is 1. The van der Waals surface area contributed by atoms with E-state index in [2.05, 4.69) is 19.6 Å². The third-order valence-corrected chi connectivity index (χ3v) is 2.11. The first-order valence-electron chi connectivity index (χ1n) is 4.44. The Morgan fingerprint density at radius 2 is 2.00 bits per heavy atom. The highest BCUT2D eigenvalue weighted by atomic mass is 16.1. The van der Waals surface area contributed by atoms with Crippen LogP contribution in [0.25, 0.3) is 0 Å². The Morgan fingerprint density at radius 3 is 2.33 bits per heavy atom. The number of carbonyl (C=O) groups is 1. The molecule has 0 aliphatic carbocycles. The Hall–Kier alpha value is -0.850. The molecule has 0 atom stereocenters. The third kappa shape index (κ3) is 4.12. The molecule has 0 saturated carbocycles. The molecule has 12 heavy (non-hydrogen) atoms. The SMILES string of the molecule is C=C(CC/C(=C\C)CC)C(C)=O. The van der Waals surface area contributed by atoms with Gasteiger partial charge in [0.05, 0.1) is 0 Å². The van der Waals surface area contributed by atoms with Gasteiger partial charge in [0.1, 0.15) is 0 Å². The molecule has 0 amide bonds. The minimum Gasteiger partial charge on any atom is -0.295 e. The van der Waals surface area contributed by atoms with Gasteiger partial charge >= 0.3 is 0 Å². The molecule has 0 aromatic carbocycles. The number of hydrogen-bond acceptors (Lipinski definition) is 1. The highest BCUT2D eigenvalue weighted by molar-refractivity contribution is 5.92. The van der Waals surface area contributed by atoms with E-state index < -0.39 is 0 Å². The zero-order valence-electron chi connectivity index (χ0n) is 8.31. The maximum atomic E-state index is 10.8. The van der Waals surface area contributed by atoms with Crippen LogP contribution in [0.1, 0.15) is 40.0 Å². The van der Waals surface area contributed by atoms with Gasteiger partial charge in [0.15, 0.2) is 5.78 Å². The van der Waals surface area contributed by atoms with E-state index in [0.29, 0.717) is 0 Å². The van der Waals surface area contributed by atoms with Crippen molar-refractivity contribution in [3.05, 3.63) is 23.8 Å². The van der Waals surface area contributed by atoms with Gasteiger partial charge in [-0.3, -0.25) is 4.79 Å². The Morgan fingerprint density at radius 1 is 1.42 bits per heavy atom. The van der Waals surface area contributed by atoms with Gasteiger partial charge in [-0.2, -0.15) is 0 Å². The van der Waals surface area contributed by atoms with Crippen LogP contribution in [0.2, 0.25) is 0 Å². The van der Waals surface area contributed by atoms with E-state index in [0.717, 1.165) is 24.8 Å². The smallest absolute Gasteiger partial charge is 0.155 e. The summed E-state index contributed by atoms with van der Waals surface area (Å²) in [6, 6.07) is 0. The first kappa shape index (κ1) is 11.2. The number of ketones is 1. The van der Waals surface area contributed by atoms with Gasteiger partial charge in [0.25, 0.3) is 0 Å². The summed E-state index contributed by atoms with van der Waals surface area (Å²) in [5, 5.41) is 0. The molecule has 0 unspecified atom stereocenters. The summed E-state index contributed by atoms with van der Waals surface area (Å²) < 4.78 is 0. The molecule has 0 aliphatic heterocycles. The van der Waals surface area contributed by atoms with E-state index in [-0.39, 0.29) is 5.78 Å². The van der Waals surface area contributed by atoms with E-state index in [9.17, 15) is 4.79 Å². The summed E-state index contributed by atoms with van der Waals surface area (Å²) in [5.41, 5.74) is 2.14. The lowest BCUT2D eigenvalue weighted by atomic mass is 10.0. The fraction of sp³-hybridized carbons (Fsp3) is 0.545. The van der Waals surface area contributed by atoms with Crippen molar-refractivity contribution in [3.63, 3.8) is 0 Å². The molecular weight excluding hydrogens is 148 g/mol. The van der Waals surface area contributed by atoms with E-state index in [1.165, 1.54) is 5.57 Å². The second kappa shape index (κ2) is 5.76. The van der Waals surface area contributed by atoms with Gasteiger partial charge in [0, 0.05) is 0 Å². The van der Waals surface area contributed by atoms with Crippen molar-refractivity contribution < 1.29 is 4.79 Å². The molecular formula is C11H18O. The average Bonchev–Trinajstić information content (AvgIpc) is 2.05. The number of Topliss-reactive ketones (excluding diaryl/α,β-unsaturated/α-hetero) is 1. The van der Waals surface area contributed by atoms with Crippen LogP contribution in [-0.2, 0) is 4.79 Å². The maximum Gasteiger partial charge on any atom is 0.155 e. The van der Waals surface area contributed by atoms with Gasteiger partial charge in [0.2, 0.25) is 0 Å². The highest BCUT2D eigenvalue weighted by Crippen LogP contribution is 2.13. The van der Waals surface area contributed by atoms with Crippen LogP contribution in [0, 0.1) is 0 Å². The van der Waals surface area contributed by atoms with Gasteiger partial charge in [-0.05, 0) is 38.7 Å². The van der Waals surface area contributed by atoms with Crippen molar-refractivity contribution in [2.24, 2.45) is 0 Å². The molecule has 0 radical (unpaired) electrons. The molecule has 0 aromatic rings. The van der Waals surface area contributed by atoms with Crippen molar-refractivity contribution in [1.29, 1.82) is 0 Å². The first-order valence-corrected chi connectivity index (χ1v) is 4.44. The van der Waals surface area contributed by atoms with E-state index in [4.69, 9.17) is 0 Å². The predicted molar refractivity (Wildman–Crippen MR) is 53.1 cm³/mol. The molecule has 0 spiro atoms. The van der Waals surface area contributed by atoms with E-state index in [1.54, 1.807) is 6.92 Å².